The van der Waals surface area contributed by atoms with E-state index < -0.39 is 20.0 Å². The van der Waals surface area contributed by atoms with Crippen LogP contribution in [0.3, 0.4) is 0 Å². The van der Waals surface area contributed by atoms with Crippen LogP contribution in [-0.4, -0.2) is 74.3 Å². The van der Waals surface area contributed by atoms with Crippen LogP contribution < -0.4 is 5.32 Å². The number of amides is 1. The molecule has 3 unspecified atom stereocenters. The van der Waals surface area contributed by atoms with E-state index in [1.165, 1.54) is 225 Å². The van der Waals surface area contributed by atoms with Crippen LogP contribution >= 0.6 is 7.82 Å². The minimum absolute atomic E-state index is 0.0391. The van der Waals surface area contributed by atoms with Gasteiger partial charge < -0.3 is 19.4 Å². The number of likely N-dealkylation sites (N-methyl/N-ethyl adjacent to an activating group) is 1. The molecule has 0 aromatic heterocycles. The van der Waals surface area contributed by atoms with Gasteiger partial charge >= 0.3 is 13.8 Å². The molecular weight excluding hydrogens is 1020 g/mol. The topological polar surface area (TPSA) is 111 Å². The Morgan fingerprint density at radius 1 is 0.432 bits per heavy atom. The van der Waals surface area contributed by atoms with Gasteiger partial charge in [-0.3, -0.25) is 18.6 Å². The summed E-state index contributed by atoms with van der Waals surface area (Å²) in [5.74, 6) is -0.501. The molecule has 0 radical (unpaired) electrons. The van der Waals surface area contributed by atoms with Crippen LogP contribution in [0.25, 0.3) is 0 Å². The summed E-state index contributed by atoms with van der Waals surface area (Å²) < 4.78 is 30.8. The summed E-state index contributed by atoms with van der Waals surface area (Å²) in [5, 5.41) is 3.07. The fourth-order valence-corrected chi connectivity index (χ4v) is 10.8. The third-order valence-electron chi connectivity index (χ3n) is 15.4. The number of hydrogen-bond acceptors (Lipinski definition) is 6. The van der Waals surface area contributed by atoms with E-state index in [-0.39, 0.29) is 31.5 Å². The van der Waals surface area contributed by atoms with Crippen LogP contribution in [0.2, 0.25) is 0 Å². The zero-order valence-corrected chi connectivity index (χ0v) is 55.2. The molecule has 0 fully saturated rings. The van der Waals surface area contributed by atoms with Crippen molar-refractivity contribution < 1.29 is 37.3 Å². The van der Waals surface area contributed by atoms with Crippen molar-refractivity contribution in [1.29, 1.82) is 0 Å². The van der Waals surface area contributed by atoms with Crippen LogP contribution in [0, 0.1) is 0 Å². The number of nitrogens with one attached hydrogen (secondary N) is 1. The first-order chi connectivity index (χ1) is 39.4. The number of phosphoric acid groups is 1. The molecule has 0 heterocycles. The highest BCUT2D eigenvalue weighted by molar-refractivity contribution is 7.47. The summed E-state index contributed by atoms with van der Waals surface area (Å²) >= 11 is 0. The van der Waals surface area contributed by atoms with Gasteiger partial charge in [0, 0.05) is 12.8 Å². The summed E-state index contributed by atoms with van der Waals surface area (Å²) in [6.45, 7) is 7.01. The second-order valence-electron chi connectivity index (χ2n) is 24.7. The number of unbranched alkanes of at least 4 members (excludes halogenated alkanes) is 39. The van der Waals surface area contributed by atoms with Crippen molar-refractivity contribution in [3.05, 3.63) is 60.8 Å². The van der Waals surface area contributed by atoms with Crippen molar-refractivity contribution in [3.8, 4) is 0 Å². The van der Waals surface area contributed by atoms with Gasteiger partial charge in [0.15, 0.2) is 0 Å². The summed E-state index contributed by atoms with van der Waals surface area (Å²) in [6.07, 6.45) is 77.9. The van der Waals surface area contributed by atoms with Gasteiger partial charge in [-0.2, -0.15) is 0 Å². The number of rotatable bonds is 63. The number of esters is 1. The largest absolute Gasteiger partial charge is 0.472 e. The van der Waals surface area contributed by atoms with Crippen LogP contribution in [0.4, 0.5) is 0 Å². The lowest BCUT2D eigenvalue weighted by atomic mass is 10.0. The number of carbonyl (C=O) groups is 2. The minimum atomic E-state index is -4.45. The lowest BCUT2D eigenvalue weighted by Crippen LogP contribution is -2.47. The quantitative estimate of drug-likeness (QED) is 0.0205. The van der Waals surface area contributed by atoms with Crippen molar-refractivity contribution in [1.82, 2.24) is 5.32 Å². The van der Waals surface area contributed by atoms with Crippen molar-refractivity contribution in [2.45, 2.75) is 341 Å². The zero-order chi connectivity index (χ0) is 59.3. The van der Waals surface area contributed by atoms with E-state index in [9.17, 15) is 19.0 Å². The Kier molecular flexibility index (Phi) is 59.1. The Hall–Kier alpha value is -2.29. The molecule has 2 N–H and O–H groups in total. The Labute approximate surface area is 502 Å². The molecule has 0 saturated carbocycles. The van der Waals surface area contributed by atoms with Crippen molar-refractivity contribution >= 4 is 19.7 Å². The molecule has 1 amide bonds. The molecule has 0 aliphatic carbocycles. The molecule has 0 rings (SSSR count). The first kappa shape index (κ1) is 78.7. The molecule has 0 aliphatic heterocycles. The maximum absolute atomic E-state index is 13.6. The van der Waals surface area contributed by atoms with Crippen LogP contribution in [-0.2, 0) is 27.9 Å². The van der Waals surface area contributed by atoms with Gasteiger partial charge in [0.05, 0.1) is 33.8 Å². The van der Waals surface area contributed by atoms with Gasteiger partial charge in [0.25, 0.3) is 0 Å². The molecule has 0 aliphatic rings. The molecule has 474 valence electrons. The Morgan fingerprint density at radius 2 is 0.753 bits per heavy atom. The van der Waals surface area contributed by atoms with Gasteiger partial charge in [-0.1, -0.05) is 281 Å². The maximum Gasteiger partial charge on any atom is 0.472 e. The summed E-state index contributed by atoms with van der Waals surface area (Å²) in [4.78, 5) is 37.9. The average Bonchev–Trinajstić information content (AvgIpc) is 3.44. The number of quaternary nitrogens is 1. The highest BCUT2D eigenvalue weighted by atomic mass is 31.2. The van der Waals surface area contributed by atoms with E-state index in [1.54, 1.807) is 0 Å². The number of carbonyl (C=O) groups excluding carboxylic acids is 2. The van der Waals surface area contributed by atoms with E-state index in [0.717, 1.165) is 70.6 Å². The predicted molar refractivity (Wildman–Crippen MR) is 351 cm³/mol. The Bertz CT molecular complexity index is 1570. The standard InChI is InChI=1S/C71H133N2O7P/c1-7-10-13-16-19-22-25-28-30-32-33-34-35-36-37-38-39-41-42-45-48-51-54-57-60-63-70(74)72-68(67-79-81(76,77)78-66-65-73(4,5)6)69(62-59-56-53-50-47-44-27-24-21-18-15-12-9-3)80-71(75)64-61-58-55-52-49-46-43-40-31-29-26-23-20-17-14-11-8-2/h19,22,28-31,33-34,59,62,68-69H,7-18,20-21,23-27,32,35-58,60-61,63-67H2,1-6H3,(H-,72,74,76,77)/p+1/b22-19-,30-28-,31-29+,34-33-,62-59-. The van der Waals surface area contributed by atoms with E-state index in [4.69, 9.17) is 13.8 Å². The Morgan fingerprint density at radius 3 is 1.16 bits per heavy atom. The van der Waals surface area contributed by atoms with Crippen LogP contribution in [0.5, 0.6) is 0 Å². The van der Waals surface area contributed by atoms with Crippen LogP contribution in [0.15, 0.2) is 60.8 Å². The molecule has 0 aromatic rings. The normalized spacial score (nSPS) is 13.9. The maximum atomic E-state index is 13.6. The van der Waals surface area contributed by atoms with E-state index >= 15 is 0 Å². The number of phosphoric ester groups is 1. The predicted octanol–water partition coefficient (Wildman–Crippen LogP) is 21.8. The number of nitrogens with zero attached hydrogens (tertiary/aromatic N) is 1. The van der Waals surface area contributed by atoms with E-state index in [1.807, 2.05) is 33.3 Å². The second-order valence-corrected chi connectivity index (χ2v) is 26.1. The van der Waals surface area contributed by atoms with Crippen molar-refractivity contribution in [3.63, 3.8) is 0 Å². The van der Waals surface area contributed by atoms with Gasteiger partial charge in [-0.15, -0.1) is 0 Å². The zero-order valence-electron chi connectivity index (χ0n) is 54.3. The lowest BCUT2D eigenvalue weighted by Gasteiger charge is -2.27. The fourth-order valence-electron chi connectivity index (χ4n) is 10.1. The van der Waals surface area contributed by atoms with Crippen LogP contribution in [0.1, 0.15) is 329 Å². The summed E-state index contributed by atoms with van der Waals surface area (Å²) in [6, 6.07) is -0.852. The first-order valence-corrected chi connectivity index (χ1v) is 36.1. The number of ether oxygens (including phenoxy) is 1. The lowest BCUT2D eigenvalue weighted by molar-refractivity contribution is -0.870. The van der Waals surface area contributed by atoms with E-state index in [2.05, 4.69) is 74.7 Å². The highest BCUT2D eigenvalue weighted by Gasteiger charge is 2.30. The third kappa shape index (κ3) is 62.1. The molecule has 0 aromatic carbocycles. The van der Waals surface area contributed by atoms with Gasteiger partial charge in [-0.25, -0.2) is 4.57 Å². The van der Waals surface area contributed by atoms with Crippen molar-refractivity contribution in [2.24, 2.45) is 0 Å². The summed E-state index contributed by atoms with van der Waals surface area (Å²) in [5.41, 5.74) is 0. The molecule has 0 spiro atoms. The average molecular weight is 1160 g/mol. The highest BCUT2D eigenvalue weighted by Crippen LogP contribution is 2.43. The molecular formula is C71H134N2O7P+. The van der Waals surface area contributed by atoms with E-state index in [0.29, 0.717) is 17.4 Å². The number of allylic oxidation sites excluding steroid dienone is 9. The minimum Gasteiger partial charge on any atom is -0.456 e. The molecule has 3 atom stereocenters. The molecule has 81 heavy (non-hydrogen) atoms. The van der Waals surface area contributed by atoms with Gasteiger partial charge in [0.1, 0.15) is 19.3 Å². The van der Waals surface area contributed by atoms with Gasteiger partial charge in [0.2, 0.25) is 5.91 Å². The molecule has 10 heteroatoms. The molecule has 0 saturated heterocycles. The second kappa shape index (κ2) is 60.8. The number of hydrogen-bond donors (Lipinski definition) is 2. The summed E-state index contributed by atoms with van der Waals surface area (Å²) in [7, 11) is 1.50. The monoisotopic (exact) mass is 1160 g/mol. The van der Waals surface area contributed by atoms with Crippen molar-refractivity contribution in [2.75, 3.05) is 40.9 Å². The van der Waals surface area contributed by atoms with Gasteiger partial charge in [-0.05, 0) is 96.0 Å². The smallest absolute Gasteiger partial charge is 0.456 e. The first-order valence-electron chi connectivity index (χ1n) is 34.6. The third-order valence-corrected chi connectivity index (χ3v) is 16.4. The fraction of sp³-hybridized carbons (Fsp3) is 0.831. The molecule has 9 nitrogen and oxygen atoms in total. The molecule has 0 bridgehead atoms. The SMILES string of the molecule is CCCCC/C=C\C/C=C\C/C=C\CCCCCCCCCCCCCCC(=O)NC(COP(=O)(O)OCC[N+](C)(C)C)C(/C=C\CCCCCCCCCCCCC)OC(=O)CCCCCCCCC/C=C/CCCCCCCC. The Balaban J connectivity index is 5.12.